The smallest absolute Gasteiger partial charge is 0.257 e. The first-order chi connectivity index (χ1) is 15.6. The highest BCUT2D eigenvalue weighted by Crippen LogP contribution is 2.28. The van der Waals surface area contributed by atoms with E-state index in [1.54, 1.807) is 30.3 Å². The van der Waals surface area contributed by atoms with Crippen LogP contribution in [0.2, 0.25) is 5.02 Å². The summed E-state index contributed by atoms with van der Waals surface area (Å²) in [5.41, 5.74) is 0.150. The van der Waals surface area contributed by atoms with Crippen LogP contribution in [0.3, 0.4) is 0 Å². The van der Waals surface area contributed by atoms with Gasteiger partial charge in [-0.25, -0.2) is 0 Å². The van der Waals surface area contributed by atoms with E-state index in [1.807, 2.05) is 0 Å². The maximum atomic E-state index is 13.0. The SMILES string of the molecule is C\C1=C/C=C(CNC(=O)Cc2ccc(Cl)cc2)\C=C\C(=O)N([C@@]2(C)CCC(=O)NC2=O)C1=O. The van der Waals surface area contributed by atoms with Crippen LogP contribution in [0.25, 0.3) is 0 Å². The zero-order chi connectivity index (χ0) is 24.2. The van der Waals surface area contributed by atoms with Crippen molar-refractivity contribution in [3.8, 4) is 0 Å². The molecule has 172 valence electrons. The van der Waals surface area contributed by atoms with E-state index in [0.717, 1.165) is 10.5 Å². The molecule has 2 aliphatic heterocycles. The average molecular weight is 470 g/mol. The lowest BCUT2D eigenvalue weighted by molar-refractivity contribution is -0.158. The maximum Gasteiger partial charge on any atom is 0.257 e. The number of halogens is 1. The van der Waals surface area contributed by atoms with Crippen LogP contribution in [-0.2, 0) is 30.4 Å². The van der Waals surface area contributed by atoms with Crippen molar-refractivity contribution in [2.45, 2.75) is 38.6 Å². The molecule has 0 spiro atoms. The van der Waals surface area contributed by atoms with Gasteiger partial charge in [0.25, 0.3) is 17.7 Å². The Bertz CT molecular complexity index is 1100. The Labute approximate surface area is 196 Å². The van der Waals surface area contributed by atoms with Gasteiger partial charge in [-0.2, -0.15) is 0 Å². The van der Waals surface area contributed by atoms with Gasteiger partial charge in [-0.05, 0) is 43.5 Å². The van der Waals surface area contributed by atoms with Gasteiger partial charge < -0.3 is 5.32 Å². The summed E-state index contributed by atoms with van der Waals surface area (Å²) in [6.07, 6.45) is 6.09. The van der Waals surface area contributed by atoms with Crippen LogP contribution in [-0.4, -0.2) is 46.5 Å². The second kappa shape index (κ2) is 9.95. The minimum absolute atomic E-state index is 0.0227. The van der Waals surface area contributed by atoms with E-state index in [0.29, 0.717) is 10.6 Å². The van der Waals surface area contributed by atoms with Crippen molar-refractivity contribution in [3.05, 3.63) is 70.3 Å². The van der Waals surface area contributed by atoms with Crippen molar-refractivity contribution >= 4 is 41.1 Å². The molecule has 2 N–H and O–H groups in total. The third-order valence-electron chi connectivity index (χ3n) is 5.59. The number of hydrogen-bond donors (Lipinski definition) is 2. The molecular formula is C24H24ClN3O5. The highest BCUT2D eigenvalue weighted by Gasteiger charge is 2.48. The third kappa shape index (κ3) is 5.64. The van der Waals surface area contributed by atoms with Gasteiger partial charge in [-0.1, -0.05) is 42.0 Å². The van der Waals surface area contributed by atoms with Gasteiger partial charge in [0.1, 0.15) is 5.54 Å². The fourth-order valence-electron chi connectivity index (χ4n) is 3.53. The molecule has 0 aliphatic carbocycles. The molecule has 1 atom stereocenters. The van der Waals surface area contributed by atoms with Crippen molar-refractivity contribution in [1.82, 2.24) is 15.5 Å². The molecule has 8 nitrogen and oxygen atoms in total. The summed E-state index contributed by atoms with van der Waals surface area (Å²) in [6, 6.07) is 6.94. The number of allylic oxidation sites excluding steroid dienone is 2. The van der Waals surface area contributed by atoms with Gasteiger partial charge in [-0.15, -0.1) is 0 Å². The molecule has 1 saturated heterocycles. The fraction of sp³-hybridized carbons (Fsp3) is 0.292. The summed E-state index contributed by atoms with van der Waals surface area (Å²) in [6.45, 7) is 3.14. The van der Waals surface area contributed by atoms with Crippen LogP contribution in [0.15, 0.2) is 59.7 Å². The average Bonchev–Trinajstić information content (AvgIpc) is 2.82. The molecule has 5 amide bonds. The first-order valence-corrected chi connectivity index (χ1v) is 10.8. The molecular weight excluding hydrogens is 446 g/mol. The number of hydrogen-bond acceptors (Lipinski definition) is 5. The largest absolute Gasteiger partial charge is 0.352 e. The lowest BCUT2D eigenvalue weighted by atomic mass is 9.88. The van der Waals surface area contributed by atoms with E-state index in [4.69, 9.17) is 11.6 Å². The van der Waals surface area contributed by atoms with Crippen LogP contribution in [0.4, 0.5) is 0 Å². The van der Waals surface area contributed by atoms with E-state index in [2.05, 4.69) is 10.6 Å². The number of piperidine rings is 1. The Hall–Kier alpha value is -3.52. The quantitative estimate of drug-likeness (QED) is 0.640. The monoisotopic (exact) mass is 469 g/mol. The van der Waals surface area contributed by atoms with Crippen molar-refractivity contribution in [2.75, 3.05) is 6.54 Å². The molecule has 3 rings (SSSR count). The summed E-state index contributed by atoms with van der Waals surface area (Å²) in [4.78, 5) is 63.3. The fourth-order valence-corrected chi connectivity index (χ4v) is 3.66. The number of carbonyl (C=O) groups is 5. The normalized spacial score (nSPS) is 25.6. The number of nitrogens with zero attached hydrogens (tertiary/aromatic N) is 1. The first kappa shape index (κ1) is 24.1. The van der Waals surface area contributed by atoms with Gasteiger partial charge in [0.05, 0.1) is 6.42 Å². The van der Waals surface area contributed by atoms with Crippen LogP contribution >= 0.6 is 11.6 Å². The lowest BCUT2D eigenvalue weighted by Gasteiger charge is -2.40. The Morgan fingerprint density at radius 3 is 2.48 bits per heavy atom. The number of carbonyl (C=O) groups excluding carboxylic acids is 5. The molecule has 1 aromatic carbocycles. The second-order valence-electron chi connectivity index (χ2n) is 8.13. The lowest BCUT2D eigenvalue weighted by Crippen LogP contribution is -2.64. The van der Waals surface area contributed by atoms with Crippen molar-refractivity contribution in [3.63, 3.8) is 0 Å². The van der Waals surface area contributed by atoms with Crippen LogP contribution in [0.1, 0.15) is 32.3 Å². The van der Waals surface area contributed by atoms with E-state index in [9.17, 15) is 24.0 Å². The number of amides is 5. The molecule has 0 bridgehead atoms. The van der Waals surface area contributed by atoms with E-state index in [1.165, 1.54) is 32.1 Å². The zero-order valence-corrected chi connectivity index (χ0v) is 19.1. The van der Waals surface area contributed by atoms with E-state index >= 15 is 0 Å². The summed E-state index contributed by atoms with van der Waals surface area (Å²) in [7, 11) is 0. The van der Waals surface area contributed by atoms with Crippen LogP contribution in [0.5, 0.6) is 0 Å². The van der Waals surface area contributed by atoms with Crippen LogP contribution in [0, 0.1) is 0 Å². The molecule has 1 aromatic rings. The van der Waals surface area contributed by atoms with Crippen molar-refractivity contribution < 1.29 is 24.0 Å². The highest BCUT2D eigenvalue weighted by molar-refractivity contribution is 6.30. The van der Waals surface area contributed by atoms with Gasteiger partial charge in [-0.3, -0.25) is 34.2 Å². The van der Waals surface area contributed by atoms with Gasteiger partial charge in [0.2, 0.25) is 11.8 Å². The second-order valence-corrected chi connectivity index (χ2v) is 8.57. The molecule has 0 saturated carbocycles. The number of imide groups is 2. The minimum atomic E-state index is -1.49. The van der Waals surface area contributed by atoms with Gasteiger partial charge in [0, 0.05) is 29.6 Å². The summed E-state index contributed by atoms with van der Waals surface area (Å²) in [5, 5.41) is 5.58. The zero-order valence-electron chi connectivity index (χ0n) is 18.3. The molecule has 0 radical (unpaired) electrons. The van der Waals surface area contributed by atoms with Crippen molar-refractivity contribution in [1.29, 1.82) is 0 Å². The molecule has 2 aliphatic rings. The number of rotatable bonds is 5. The molecule has 33 heavy (non-hydrogen) atoms. The number of benzene rings is 1. The van der Waals surface area contributed by atoms with Gasteiger partial charge >= 0.3 is 0 Å². The topological polar surface area (TPSA) is 113 Å². The minimum Gasteiger partial charge on any atom is -0.352 e. The summed E-state index contributed by atoms with van der Waals surface area (Å²) in [5.74, 6) is -2.65. The Morgan fingerprint density at radius 1 is 1.12 bits per heavy atom. The Kier molecular flexibility index (Phi) is 7.28. The standard InChI is InChI=1S/C24H24ClN3O5/c1-15-3-4-17(14-26-20(30)13-16-5-8-18(25)9-6-16)7-10-21(31)28(22(15)32)24(2)12-11-19(29)27-23(24)33/h3-10H,11-14H2,1-2H3,(H,26,30)(H,27,29,33)/b10-7+,15-3+,17-4+/t24-/m0/s1. The summed E-state index contributed by atoms with van der Waals surface area (Å²) >= 11 is 5.86. The number of nitrogens with one attached hydrogen (secondary N) is 2. The molecule has 0 aromatic heterocycles. The van der Waals surface area contributed by atoms with Gasteiger partial charge in [0.15, 0.2) is 0 Å². The first-order valence-electron chi connectivity index (χ1n) is 10.4. The van der Waals surface area contributed by atoms with E-state index in [-0.39, 0.29) is 37.3 Å². The highest BCUT2D eigenvalue weighted by atomic mass is 35.5. The molecule has 0 unspecified atom stereocenters. The molecule has 9 heteroatoms. The third-order valence-corrected chi connectivity index (χ3v) is 5.84. The Morgan fingerprint density at radius 2 is 1.82 bits per heavy atom. The van der Waals surface area contributed by atoms with Crippen LogP contribution < -0.4 is 10.6 Å². The Balaban J connectivity index is 1.74. The van der Waals surface area contributed by atoms with E-state index < -0.39 is 29.2 Å². The molecule has 2 heterocycles. The molecule has 1 fully saturated rings. The summed E-state index contributed by atoms with van der Waals surface area (Å²) < 4.78 is 0. The van der Waals surface area contributed by atoms with Crippen molar-refractivity contribution in [2.24, 2.45) is 0 Å². The predicted octanol–water partition coefficient (Wildman–Crippen LogP) is 1.99. The predicted molar refractivity (Wildman–Crippen MR) is 122 cm³/mol. The maximum absolute atomic E-state index is 13.0.